The summed E-state index contributed by atoms with van der Waals surface area (Å²) in [6, 6.07) is 8.25. The van der Waals surface area contributed by atoms with Gasteiger partial charge in [-0.3, -0.25) is 19.4 Å². The summed E-state index contributed by atoms with van der Waals surface area (Å²) < 4.78 is 0. The molecule has 2 aliphatic rings. The number of aryl methyl sites for hydroxylation is 2. The van der Waals surface area contributed by atoms with Crippen LogP contribution in [0.4, 0.5) is 5.69 Å². The molecular weight excluding hydrogens is 466 g/mol. The van der Waals surface area contributed by atoms with E-state index in [1.54, 1.807) is 11.3 Å². The fourth-order valence-corrected chi connectivity index (χ4v) is 6.88. The molecule has 1 N–H and O–H groups in total. The molecule has 0 saturated carbocycles. The Morgan fingerprint density at radius 1 is 1.12 bits per heavy atom. The summed E-state index contributed by atoms with van der Waals surface area (Å²) in [4.78, 5) is 43.2. The molecule has 1 saturated heterocycles. The number of carbonyl (C=O) groups excluding carboxylic acids is 1. The van der Waals surface area contributed by atoms with Crippen molar-refractivity contribution in [1.82, 2.24) is 19.8 Å². The minimum atomic E-state index is -0.0451. The van der Waals surface area contributed by atoms with Crippen LogP contribution in [0.2, 0.25) is 0 Å². The van der Waals surface area contributed by atoms with Crippen molar-refractivity contribution in [2.45, 2.75) is 43.9 Å². The zero-order valence-corrected chi connectivity index (χ0v) is 21.6. The van der Waals surface area contributed by atoms with Crippen molar-refractivity contribution >= 4 is 44.9 Å². The molecule has 0 bridgehead atoms. The van der Waals surface area contributed by atoms with Crippen molar-refractivity contribution in [3.8, 4) is 0 Å². The number of carbonyl (C=O) groups is 1. The lowest BCUT2D eigenvalue weighted by Crippen LogP contribution is -2.50. The van der Waals surface area contributed by atoms with Crippen LogP contribution in [-0.4, -0.2) is 70.2 Å². The Kier molecular flexibility index (Phi) is 6.79. The lowest BCUT2D eigenvalue weighted by molar-refractivity contribution is -0.120. The molecule has 0 spiro atoms. The molecule has 1 fully saturated rings. The molecule has 4 heterocycles. The maximum atomic E-state index is 13.3. The van der Waals surface area contributed by atoms with Gasteiger partial charge in [0.05, 0.1) is 24.2 Å². The van der Waals surface area contributed by atoms with Crippen molar-refractivity contribution in [3.05, 3.63) is 50.9 Å². The number of para-hydroxylation sites is 1. The average molecular weight is 498 g/mol. The molecule has 34 heavy (non-hydrogen) atoms. The minimum absolute atomic E-state index is 0.0451. The molecule has 2 aromatic heterocycles. The van der Waals surface area contributed by atoms with Gasteiger partial charge in [-0.25, -0.2) is 4.98 Å². The molecule has 1 unspecified atom stereocenters. The molecule has 2 aliphatic heterocycles. The van der Waals surface area contributed by atoms with E-state index in [-0.39, 0.29) is 11.5 Å². The van der Waals surface area contributed by atoms with E-state index >= 15 is 0 Å². The van der Waals surface area contributed by atoms with Gasteiger partial charge in [0.25, 0.3) is 5.56 Å². The predicted molar refractivity (Wildman–Crippen MR) is 140 cm³/mol. The van der Waals surface area contributed by atoms with Crippen LogP contribution in [0.1, 0.15) is 29.6 Å². The number of thiophene rings is 1. The van der Waals surface area contributed by atoms with Crippen LogP contribution >= 0.6 is 23.1 Å². The standard InChI is InChI=1S/C25H31N5O2S2/c1-16-8-9-30(19-6-4-5-7-20(19)33-16)22(31)15-29-12-10-28(11-13-29)14-21-26-24(32)23-17(2)18(3)34-25(23)27-21/h4-7,16H,8-15H2,1-3H3,(H,26,27,32). The number of H-pyrrole nitrogens is 1. The lowest BCUT2D eigenvalue weighted by atomic mass is 10.2. The highest BCUT2D eigenvalue weighted by atomic mass is 32.2. The number of thioether (sulfide) groups is 1. The molecule has 3 aromatic rings. The van der Waals surface area contributed by atoms with Gasteiger partial charge >= 0.3 is 0 Å². The van der Waals surface area contributed by atoms with E-state index < -0.39 is 0 Å². The Morgan fingerprint density at radius 2 is 1.85 bits per heavy atom. The highest BCUT2D eigenvalue weighted by molar-refractivity contribution is 8.00. The first-order valence-electron chi connectivity index (χ1n) is 11.9. The van der Waals surface area contributed by atoms with E-state index in [9.17, 15) is 9.59 Å². The van der Waals surface area contributed by atoms with Crippen molar-refractivity contribution in [1.29, 1.82) is 0 Å². The van der Waals surface area contributed by atoms with E-state index in [1.807, 2.05) is 42.6 Å². The van der Waals surface area contributed by atoms with E-state index in [4.69, 9.17) is 4.98 Å². The number of aromatic nitrogens is 2. The third-order valence-electron chi connectivity index (χ3n) is 6.83. The van der Waals surface area contributed by atoms with Gasteiger partial charge in [0.2, 0.25) is 5.91 Å². The third-order valence-corrected chi connectivity index (χ3v) is 9.17. The van der Waals surface area contributed by atoms with Gasteiger partial charge in [0, 0.05) is 47.7 Å². The normalized spacial score (nSPS) is 19.9. The van der Waals surface area contributed by atoms with E-state index in [0.29, 0.717) is 18.3 Å². The van der Waals surface area contributed by atoms with Crippen LogP contribution in [-0.2, 0) is 11.3 Å². The number of hydrogen-bond acceptors (Lipinski definition) is 7. The van der Waals surface area contributed by atoms with Crippen LogP contribution in [0.5, 0.6) is 0 Å². The fourth-order valence-electron chi connectivity index (χ4n) is 4.71. The van der Waals surface area contributed by atoms with Gasteiger partial charge in [-0.15, -0.1) is 23.1 Å². The fraction of sp³-hybridized carbons (Fsp3) is 0.480. The van der Waals surface area contributed by atoms with Crippen molar-refractivity contribution in [2.75, 3.05) is 44.2 Å². The first kappa shape index (κ1) is 23.5. The Labute approximate surface area is 208 Å². The summed E-state index contributed by atoms with van der Waals surface area (Å²) in [6.45, 7) is 11.4. The van der Waals surface area contributed by atoms with Gasteiger partial charge < -0.3 is 9.88 Å². The molecule has 0 aliphatic carbocycles. The topological polar surface area (TPSA) is 72.5 Å². The van der Waals surface area contributed by atoms with Crippen molar-refractivity contribution < 1.29 is 4.79 Å². The van der Waals surface area contributed by atoms with Gasteiger partial charge in [-0.1, -0.05) is 19.1 Å². The number of aromatic amines is 1. The number of fused-ring (bicyclic) bond motifs is 2. The number of anilines is 1. The number of amides is 1. The highest BCUT2D eigenvalue weighted by Crippen LogP contribution is 2.37. The smallest absolute Gasteiger partial charge is 0.259 e. The van der Waals surface area contributed by atoms with E-state index in [2.05, 4.69) is 33.8 Å². The van der Waals surface area contributed by atoms with Gasteiger partial charge in [0.1, 0.15) is 10.7 Å². The van der Waals surface area contributed by atoms with Crippen LogP contribution < -0.4 is 10.5 Å². The monoisotopic (exact) mass is 497 g/mol. The number of nitrogens with one attached hydrogen (secondary N) is 1. The summed E-state index contributed by atoms with van der Waals surface area (Å²) in [6.07, 6.45) is 0.998. The van der Waals surface area contributed by atoms with Crippen LogP contribution in [0.25, 0.3) is 10.2 Å². The maximum absolute atomic E-state index is 13.3. The first-order valence-corrected chi connectivity index (χ1v) is 13.6. The predicted octanol–water partition coefficient (Wildman–Crippen LogP) is 3.64. The minimum Gasteiger partial charge on any atom is -0.310 e. The molecule has 5 rings (SSSR count). The van der Waals surface area contributed by atoms with Crippen LogP contribution in [0.15, 0.2) is 34.0 Å². The maximum Gasteiger partial charge on any atom is 0.259 e. The number of piperazine rings is 1. The van der Waals surface area contributed by atoms with Gasteiger partial charge in [-0.05, 0) is 38.0 Å². The molecule has 1 aromatic carbocycles. The number of rotatable bonds is 4. The Morgan fingerprint density at radius 3 is 2.65 bits per heavy atom. The summed E-state index contributed by atoms with van der Waals surface area (Å²) in [5, 5.41) is 1.22. The molecule has 180 valence electrons. The molecule has 7 nitrogen and oxygen atoms in total. The van der Waals surface area contributed by atoms with Gasteiger partial charge in [-0.2, -0.15) is 0 Å². The zero-order valence-electron chi connectivity index (χ0n) is 20.0. The Hall–Kier alpha value is -2.20. The molecule has 0 radical (unpaired) electrons. The second-order valence-electron chi connectivity index (χ2n) is 9.26. The van der Waals surface area contributed by atoms with Crippen molar-refractivity contribution in [3.63, 3.8) is 0 Å². The Balaban J connectivity index is 1.20. The zero-order chi connectivity index (χ0) is 23.8. The number of hydrogen-bond donors (Lipinski definition) is 1. The van der Waals surface area contributed by atoms with Crippen molar-refractivity contribution in [2.24, 2.45) is 0 Å². The largest absolute Gasteiger partial charge is 0.310 e. The van der Waals surface area contributed by atoms with Crippen LogP contribution in [0.3, 0.4) is 0 Å². The molecular formula is C25H31N5O2S2. The average Bonchev–Trinajstić information content (AvgIpc) is 2.98. The third kappa shape index (κ3) is 4.79. The second kappa shape index (κ2) is 9.81. The van der Waals surface area contributed by atoms with E-state index in [0.717, 1.165) is 71.3 Å². The summed E-state index contributed by atoms with van der Waals surface area (Å²) in [5.74, 6) is 0.895. The second-order valence-corrected chi connectivity index (χ2v) is 11.9. The quantitative estimate of drug-likeness (QED) is 0.594. The summed E-state index contributed by atoms with van der Waals surface area (Å²) >= 11 is 3.45. The van der Waals surface area contributed by atoms with Gasteiger partial charge in [0.15, 0.2) is 0 Å². The Bertz CT molecular complexity index is 1260. The molecule has 1 atom stereocenters. The SMILES string of the molecule is Cc1sc2nc(CN3CCN(CC(=O)N4CCC(C)Sc5ccccc54)CC3)[nH]c(=O)c2c1C. The lowest BCUT2D eigenvalue weighted by Gasteiger charge is -2.35. The van der Waals surface area contributed by atoms with E-state index in [1.165, 1.54) is 4.90 Å². The summed E-state index contributed by atoms with van der Waals surface area (Å²) in [7, 11) is 0. The number of benzene rings is 1. The number of nitrogens with zero attached hydrogens (tertiary/aromatic N) is 4. The molecule has 1 amide bonds. The highest BCUT2D eigenvalue weighted by Gasteiger charge is 2.27. The molecule has 9 heteroatoms. The summed E-state index contributed by atoms with van der Waals surface area (Å²) in [5.41, 5.74) is 2.03. The first-order chi connectivity index (χ1) is 16.4. The van der Waals surface area contributed by atoms with Crippen LogP contribution in [0, 0.1) is 13.8 Å².